The maximum atomic E-state index is 15.2. The monoisotopic (exact) mass is 867 g/mol. The maximum absolute atomic E-state index is 15.2. The number of unbranched alkanes of at least 4 members (excludes halogenated alkanes) is 9. The Morgan fingerprint density at radius 2 is 1.22 bits per heavy atom. The highest BCUT2D eigenvalue weighted by Gasteiger charge is 2.43. The van der Waals surface area contributed by atoms with Gasteiger partial charge in [0.25, 0.3) is 5.91 Å². The number of benzene rings is 5. The lowest BCUT2D eigenvalue weighted by Gasteiger charge is -2.35. The summed E-state index contributed by atoms with van der Waals surface area (Å²) in [5.41, 5.74) is 3.95. The fraction of sp³-hybridized carbons (Fsp3) is 0.385. The van der Waals surface area contributed by atoms with E-state index in [9.17, 15) is 31.1 Å². The molecule has 1 heterocycles. The van der Waals surface area contributed by atoms with Crippen molar-refractivity contribution in [3.05, 3.63) is 117 Å². The summed E-state index contributed by atoms with van der Waals surface area (Å²) >= 11 is 0. The number of allylic oxidation sites excluding steroid dienone is 4. The van der Waals surface area contributed by atoms with Gasteiger partial charge in [-0.2, -0.15) is 26.3 Å². The number of Topliss-reactive ketones (excluding diaryl/α,β-unsaturated/α-hetero) is 1. The summed E-state index contributed by atoms with van der Waals surface area (Å²) < 4.78 is 95.0. The van der Waals surface area contributed by atoms with Crippen LogP contribution in [0.4, 0.5) is 26.3 Å². The van der Waals surface area contributed by atoms with Gasteiger partial charge < -0.3 is 14.8 Å². The van der Waals surface area contributed by atoms with Crippen LogP contribution in [0.25, 0.3) is 43.8 Å². The number of alkyl halides is 6. The molecule has 1 amide bonds. The summed E-state index contributed by atoms with van der Waals surface area (Å²) in [6.45, 7) is 2.35. The molecular formula is C52H51F6NO4. The number of ketones is 1. The van der Waals surface area contributed by atoms with Crippen molar-refractivity contribution in [2.24, 2.45) is 0 Å². The molecule has 2 aliphatic carbocycles. The van der Waals surface area contributed by atoms with E-state index in [2.05, 4.69) is 12.2 Å². The van der Waals surface area contributed by atoms with Crippen molar-refractivity contribution in [2.75, 3.05) is 14.2 Å². The third-order valence-electron chi connectivity index (χ3n) is 13.1. The number of amides is 1. The zero-order valence-electron chi connectivity index (χ0n) is 35.8. The van der Waals surface area contributed by atoms with Crippen molar-refractivity contribution in [1.82, 2.24) is 5.32 Å². The summed E-state index contributed by atoms with van der Waals surface area (Å²) in [5.74, 6) is -0.218. The van der Waals surface area contributed by atoms with Crippen LogP contribution in [0.1, 0.15) is 140 Å². The molecule has 1 unspecified atom stereocenters. The first-order valence-corrected chi connectivity index (χ1v) is 22.1. The van der Waals surface area contributed by atoms with E-state index in [4.69, 9.17) is 9.47 Å². The second kappa shape index (κ2) is 17.9. The Hall–Kier alpha value is -5.58. The largest absolute Gasteiger partial charge is 0.496 e. The van der Waals surface area contributed by atoms with Crippen LogP contribution >= 0.6 is 0 Å². The molecule has 5 aromatic carbocycles. The highest BCUT2D eigenvalue weighted by molar-refractivity contribution is 6.31. The van der Waals surface area contributed by atoms with Crippen molar-refractivity contribution >= 4 is 44.4 Å². The molecule has 11 heteroatoms. The molecule has 1 N–H and O–H groups in total. The normalized spacial score (nSPS) is 16.3. The van der Waals surface area contributed by atoms with E-state index < -0.39 is 29.4 Å². The number of hydrogen-bond acceptors (Lipinski definition) is 4. The smallest absolute Gasteiger partial charge is 0.416 e. The topological polar surface area (TPSA) is 64.6 Å². The molecule has 1 atom stereocenters. The lowest BCUT2D eigenvalue weighted by atomic mass is 9.66. The van der Waals surface area contributed by atoms with Crippen LogP contribution in [0.5, 0.6) is 11.5 Å². The van der Waals surface area contributed by atoms with Crippen LogP contribution in [0, 0.1) is 0 Å². The van der Waals surface area contributed by atoms with Crippen molar-refractivity contribution in [3.63, 3.8) is 0 Å². The van der Waals surface area contributed by atoms with Gasteiger partial charge in [-0.15, -0.1) is 0 Å². The van der Waals surface area contributed by atoms with Gasteiger partial charge in [-0.3, -0.25) is 9.59 Å². The summed E-state index contributed by atoms with van der Waals surface area (Å²) in [6, 6.07) is 15.2. The second-order valence-electron chi connectivity index (χ2n) is 16.9. The van der Waals surface area contributed by atoms with Gasteiger partial charge >= 0.3 is 12.4 Å². The van der Waals surface area contributed by atoms with E-state index in [-0.39, 0.29) is 18.2 Å². The van der Waals surface area contributed by atoms with E-state index in [1.54, 1.807) is 12.1 Å². The number of methoxy groups -OCH3 is 2. The predicted octanol–water partition coefficient (Wildman–Crippen LogP) is 14.6. The van der Waals surface area contributed by atoms with Gasteiger partial charge in [-0.05, 0) is 112 Å². The molecule has 0 saturated heterocycles. The zero-order chi connectivity index (χ0) is 44.6. The van der Waals surface area contributed by atoms with E-state index in [0.717, 1.165) is 56.4 Å². The number of carbonyl (C=O) groups is 2. The Bertz CT molecular complexity index is 2640. The fourth-order valence-electron chi connectivity index (χ4n) is 10.1. The van der Waals surface area contributed by atoms with Crippen molar-refractivity contribution < 1.29 is 45.4 Å². The summed E-state index contributed by atoms with van der Waals surface area (Å²) in [6.07, 6.45) is 5.38. The Balaban J connectivity index is 1.38. The lowest BCUT2D eigenvalue weighted by molar-refractivity contribution is -0.138. The molecule has 5 nitrogen and oxygen atoms in total. The average Bonchev–Trinajstić information content (AvgIpc) is 3.67. The van der Waals surface area contributed by atoms with Gasteiger partial charge in [0.2, 0.25) is 0 Å². The minimum atomic E-state index is -4.55. The van der Waals surface area contributed by atoms with Gasteiger partial charge in [0.05, 0.1) is 25.3 Å². The van der Waals surface area contributed by atoms with E-state index in [0.29, 0.717) is 108 Å². The van der Waals surface area contributed by atoms with Crippen LogP contribution in [0.3, 0.4) is 0 Å². The lowest BCUT2D eigenvalue weighted by Crippen LogP contribution is -2.27. The van der Waals surface area contributed by atoms with E-state index in [1.807, 2.05) is 12.1 Å². The molecule has 0 aromatic heterocycles. The third-order valence-corrected chi connectivity index (χ3v) is 13.1. The molecular weight excluding hydrogens is 817 g/mol. The minimum Gasteiger partial charge on any atom is -0.496 e. The van der Waals surface area contributed by atoms with Crippen LogP contribution in [-0.4, -0.2) is 25.9 Å². The summed E-state index contributed by atoms with van der Waals surface area (Å²) in [4.78, 5) is 29.4. The van der Waals surface area contributed by atoms with Crippen LogP contribution in [0.2, 0.25) is 0 Å². The molecule has 5 aromatic rings. The Morgan fingerprint density at radius 3 is 1.79 bits per heavy atom. The molecule has 0 bridgehead atoms. The first-order valence-electron chi connectivity index (χ1n) is 22.1. The molecule has 1 aliphatic heterocycles. The standard InChI is InChI=1S/C52H51F6NO4/c1-4-5-6-7-8-9-10-11-12-13-15-36-44-46-39(29-59-50(46)61)38-28-37(31-20-24-33(25-21-31)52(56,57)58)43-40(62-2)26-27-41(63-3)47(43)45(38)48(44)42-34(16-14-17-35(42)49(36)60)30-18-22-32(23-19-30)51(53,54)55/h16,18-28,36H,4-15,17,29H2,1-3H3,(H,59,61). The molecule has 63 heavy (non-hydrogen) atoms. The van der Waals surface area contributed by atoms with Gasteiger partial charge in [-0.25, -0.2) is 0 Å². The number of halogens is 6. The van der Waals surface area contributed by atoms with E-state index >= 15 is 4.79 Å². The van der Waals surface area contributed by atoms with Crippen molar-refractivity contribution in [2.45, 2.75) is 115 Å². The number of hydrogen-bond donors (Lipinski definition) is 1. The third kappa shape index (κ3) is 8.24. The van der Waals surface area contributed by atoms with Crippen LogP contribution in [0.15, 0.2) is 78.4 Å². The fourth-order valence-corrected chi connectivity index (χ4v) is 10.1. The number of rotatable bonds is 15. The van der Waals surface area contributed by atoms with Crippen LogP contribution < -0.4 is 14.8 Å². The quantitative estimate of drug-likeness (QED) is 0.0647. The molecule has 0 fully saturated rings. The van der Waals surface area contributed by atoms with Crippen molar-refractivity contribution in [3.8, 4) is 22.6 Å². The van der Waals surface area contributed by atoms with Gasteiger partial charge in [0.15, 0.2) is 5.78 Å². The molecule has 8 rings (SSSR count). The summed E-state index contributed by atoms with van der Waals surface area (Å²) in [7, 11) is 3.04. The summed E-state index contributed by atoms with van der Waals surface area (Å²) in [5, 5.41) is 5.48. The van der Waals surface area contributed by atoms with Crippen molar-refractivity contribution in [1.29, 1.82) is 0 Å². The highest BCUT2D eigenvalue weighted by Crippen LogP contribution is 2.56. The average molecular weight is 868 g/mol. The van der Waals surface area contributed by atoms with E-state index in [1.165, 1.54) is 70.6 Å². The maximum Gasteiger partial charge on any atom is 0.416 e. The SMILES string of the molecule is CCCCCCCCCCCCC1C(=O)C2=C(C(c3ccc(C(F)(F)F)cc3)=CCC2)c2c1c1c(c3cc(-c4ccc(C(F)(F)F)cc4)c4c(OC)ccc(OC)c4c23)CNC1=O. The zero-order valence-corrected chi connectivity index (χ0v) is 35.8. The molecule has 330 valence electrons. The van der Waals surface area contributed by atoms with Gasteiger partial charge in [-0.1, -0.05) is 101 Å². The Labute approximate surface area is 363 Å². The molecule has 0 radical (unpaired) electrons. The number of fused-ring (bicyclic) bond motifs is 9. The molecule has 0 spiro atoms. The van der Waals surface area contributed by atoms with Gasteiger partial charge in [0.1, 0.15) is 11.5 Å². The first-order chi connectivity index (χ1) is 30.3. The molecule has 3 aliphatic rings. The number of ether oxygens (including phenoxy) is 2. The van der Waals surface area contributed by atoms with Crippen LogP contribution in [-0.2, 0) is 23.7 Å². The Morgan fingerprint density at radius 1 is 0.667 bits per heavy atom. The minimum absolute atomic E-state index is 0.0811. The van der Waals surface area contributed by atoms with Gasteiger partial charge in [0, 0.05) is 39.8 Å². The predicted molar refractivity (Wildman–Crippen MR) is 236 cm³/mol. The number of carbonyl (C=O) groups excluding carboxylic acids is 2. The first kappa shape index (κ1) is 44.0. The Kier molecular flexibility index (Phi) is 12.5. The second-order valence-corrected chi connectivity index (χ2v) is 16.9. The highest BCUT2D eigenvalue weighted by atomic mass is 19.4. The molecule has 0 saturated carbocycles. The number of nitrogens with one attached hydrogen (secondary N) is 1.